The first-order valence-electron chi connectivity index (χ1n) is 4.01. The van der Waals surface area contributed by atoms with E-state index < -0.39 is 0 Å². The molecule has 0 radical (unpaired) electrons. The minimum atomic E-state index is 0.441. The van der Waals surface area contributed by atoms with Gasteiger partial charge in [-0.05, 0) is 28.9 Å². The number of rotatable bonds is 1. The molecule has 0 saturated heterocycles. The molecule has 2 aromatic rings. The van der Waals surface area contributed by atoms with Crippen molar-refractivity contribution in [2.24, 2.45) is 0 Å². The van der Waals surface area contributed by atoms with Crippen molar-refractivity contribution < 1.29 is 4.42 Å². The van der Waals surface area contributed by atoms with Crippen LogP contribution in [0.4, 0.5) is 5.82 Å². The Bertz CT molecular complexity index is 447. The van der Waals surface area contributed by atoms with Crippen LogP contribution in [0.2, 0.25) is 0 Å². The van der Waals surface area contributed by atoms with Crippen LogP contribution in [0.15, 0.2) is 27.3 Å². The number of anilines is 1. The molecule has 0 unspecified atom stereocenters. The lowest BCUT2D eigenvalue weighted by molar-refractivity contribution is 0.578. The van der Waals surface area contributed by atoms with Crippen molar-refractivity contribution in [1.29, 1.82) is 0 Å². The summed E-state index contributed by atoms with van der Waals surface area (Å²) >= 11 is 3.36. The van der Waals surface area contributed by atoms with Gasteiger partial charge in [0.25, 0.3) is 0 Å². The van der Waals surface area contributed by atoms with Crippen LogP contribution in [0.1, 0.15) is 5.82 Å². The molecule has 0 aromatic carbocycles. The third kappa shape index (κ3) is 1.63. The quantitative estimate of drug-likeness (QED) is 0.848. The largest absolute Gasteiger partial charge is 0.461 e. The number of furan rings is 1. The van der Waals surface area contributed by atoms with Crippen molar-refractivity contribution in [3.05, 3.63) is 28.7 Å². The van der Waals surface area contributed by atoms with Crippen molar-refractivity contribution in [1.82, 2.24) is 9.97 Å². The Morgan fingerprint density at radius 1 is 1.43 bits per heavy atom. The Morgan fingerprint density at radius 3 is 2.79 bits per heavy atom. The molecular formula is C9H8BrN3O. The Labute approximate surface area is 89.3 Å². The predicted octanol–water partition coefficient (Wildman–Crippen LogP) is 2.39. The highest BCUT2D eigenvalue weighted by Gasteiger charge is 2.09. The summed E-state index contributed by atoms with van der Waals surface area (Å²) in [5, 5.41) is 0. The van der Waals surface area contributed by atoms with Gasteiger partial charge in [0.1, 0.15) is 17.3 Å². The molecule has 2 rings (SSSR count). The van der Waals surface area contributed by atoms with E-state index in [1.807, 2.05) is 6.07 Å². The SMILES string of the molecule is Cc1nc(N)cc(-c2occc2Br)n1. The van der Waals surface area contributed by atoms with E-state index in [-0.39, 0.29) is 0 Å². The van der Waals surface area contributed by atoms with Crippen LogP contribution in [0.3, 0.4) is 0 Å². The van der Waals surface area contributed by atoms with E-state index in [0.29, 0.717) is 23.1 Å². The van der Waals surface area contributed by atoms with Crippen LogP contribution >= 0.6 is 15.9 Å². The maximum absolute atomic E-state index is 5.61. The van der Waals surface area contributed by atoms with Gasteiger partial charge in [0.2, 0.25) is 0 Å². The monoisotopic (exact) mass is 253 g/mol. The average molecular weight is 254 g/mol. The molecule has 0 aliphatic rings. The van der Waals surface area contributed by atoms with E-state index in [1.54, 1.807) is 19.3 Å². The lowest BCUT2D eigenvalue weighted by Gasteiger charge is -2.00. The summed E-state index contributed by atoms with van der Waals surface area (Å²) in [7, 11) is 0. The van der Waals surface area contributed by atoms with E-state index in [0.717, 1.165) is 4.47 Å². The smallest absolute Gasteiger partial charge is 0.166 e. The lowest BCUT2D eigenvalue weighted by Crippen LogP contribution is -1.96. The molecule has 2 N–H and O–H groups in total. The van der Waals surface area contributed by atoms with Crippen molar-refractivity contribution in [2.45, 2.75) is 6.92 Å². The number of aryl methyl sites for hydroxylation is 1. The third-order valence-electron chi connectivity index (χ3n) is 1.71. The molecule has 5 heteroatoms. The number of nitrogen functional groups attached to an aromatic ring is 1. The molecule has 2 aromatic heterocycles. The van der Waals surface area contributed by atoms with Crippen LogP contribution < -0.4 is 5.73 Å². The van der Waals surface area contributed by atoms with E-state index in [2.05, 4.69) is 25.9 Å². The fourth-order valence-corrected chi connectivity index (χ4v) is 1.59. The zero-order chi connectivity index (χ0) is 10.1. The average Bonchev–Trinajstić information content (AvgIpc) is 2.49. The van der Waals surface area contributed by atoms with Crippen molar-refractivity contribution in [3.8, 4) is 11.5 Å². The highest BCUT2D eigenvalue weighted by molar-refractivity contribution is 9.10. The van der Waals surface area contributed by atoms with Crippen LogP contribution in [-0.4, -0.2) is 9.97 Å². The van der Waals surface area contributed by atoms with Gasteiger partial charge in [-0.25, -0.2) is 9.97 Å². The second-order valence-corrected chi connectivity index (χ2v) is 3.68. The summed E-state index contributed by atoms with van der Waals surface area (Å²) in [6.45, 7) is 1.79. The van der Waals surface area contributed by atoms with E-state index >= 15 is 0 Å². The van der Waals surface area contributed by atoms with Crippen molar-refractivity contribution >= 4 is 21.7 Å². The van der Waals surface area contributed by atoms with Gasteiger partial charge in [0, 0.05) is 6.07 Å². The zero-order valence-electron chi connectivity index (χ0n) is 7.49. The van der Waals surface area contributed by atoms with Gasteiger partial charge >= 0.3 is 0 Å². The van der Waals surface area contributed by atoms with E-state index in [4.69, 9.17) is 10.2 Å². The molecule has 0 fully saturated rings. The predicted molar refractivity (Wildman–Crippen MR) is 56.6 cm³/mol. The van der Waals surface area contributed by atoms with Gasteiger partial charge in [-0.1, -0.05) is 0 Å². The summed E-state index contributed by atoms with van der Waals surface area (Å²) in [5.41, 5.74) is 6.29. The summed E-state index contributed by atoms with van der Waals surface area (Å²) in [6, 6.07) is 3.49. The van der Waals surface area contributed by atoms with Gasteiger partial charge < -0.3 is 10.2 Å². The Balaban J connectivity index is 2.57. The first-order valence-corrected chi connectivity index (χ1v) is 4.80. The van der Waals surface area contributed by atoms with Gasteiger partial charge in [-0.2, -0.15) is 0 Å². The minimum absolute atomic E-state index is 0.441. The highest BCUT2D eigenvalue weighted by Crippen LogP contribution is 2.28. The highest BCUT2D eigenvalue weighted by atomic mass is 79.9. The molecule has 0 spiro atoms. The number of halogens is 1. The van der Waals surface area contributed by atoms with Crippen molar-refractivity contribution in [3.63, 3.8) is 0 Å². The minimum Gasteiger partial charge on any atom is -0.461 e. The van der Waals surface area contributed by atoms with Crippen LogP contribution in [-0.2, 0) is 0 Å². The molecule has 2 heterocycles. The number of hydrogen-bond donors (Lipinski definition) is 1. The first kappa shape index (κ1) is 9.21. The van der Waals surface area contributed by atoms with Crippen LogP contribution in [0, 0.1) is 6.92 Å². The zero-order valence-corrected chi connectivity index (χ0v) is 9.08. The maximum atomic E-state index is 5.61. The molecule has 0 bridgehead atoms. The summed E-state index contributed by atoms with van der Waals surface area (Å²) in [4.78, 5) is 8.21. The Morgan fingerprint density at radius 2 is 2.21 bits per heavy atom. The van der Waals surface area contributed by atoms with E-state index in [1.165, 1.54) is 0 Å². The molecular weight excluding hydrogens is 246 g/mol. The second kappa shape index (κ2) is 3.42. The number of nitrogens with two attached hydrogens (primary N) is 1. The molecule has 0 atom stereocenters. The third-order valence-corrected chi connectivity index (χ3v) is 2.33. The molecule has 72 valence electrons. The molecule has 4 nitrogen and oxygen atoms in total. The van der Waals surface area contributed by atoms with E-state index in [9.17, 15) is 0 Å². The van der Waals surface area contributed by atoms with Gasteiger partial charge in [0.05, 0.1) is 10.7 Å². The fraction of sp³-hybridized carbons (Fsp3) is 0.111. The van der Waals surface area contributed by atoms with Gasteiger partial charge in [0.15, 0.2) is 5.76 Å². The topological polar surface area (TPSA) is 64.9 Å². The van der Waals surface area contributed by atoms with Crippen LogP contribution in [0.25, 0.3) is 11.5 Å². The van der Waals surface area contributed by atoms with Gasteiger partial charge in [-0.15, -0.1) is 0 Å². The van der Waals surface area contributed by atoms with Gasteiger partial charge in [-0.3, -0.25) is 0 Å². The summed E-state index contributed by atoms with van der Waals surface area (Å²) in [6.07, 6.45) is 1.59. The Hall–Kier alpha value is -1.36. The normalized spacial score (nSPS) is 10.4. The molecule has 0 aliphatic heterocycles. The molecule has 0 saturated carbocycles. The molecule has 0 amide bonds. The van der Waals surface area contributed by atoms with Crippen LogP contribution in [0.5, 0.6) is 0 Å². The Kier molecular flexibility index (Phi) is 2.25. The number of hydrogen-bond acceptors (Lipinski definition) is 4. The standard InChI is InChI=1S/C9H8BrN3O/c1-5-12-7(4-8(11)13-5)9-6(10)2-3-14-9/h2-4H,1H3,(H2,11,12,13). The fourth-order valence-electron chi connectivity index (χ4n) is 1.18. The van der Waals surface area contributed by atoms with Crippen molar-refractivity contribution in [2.75, 3.05) is 5.73 Å². The second-order valence-electron chi connectivity index (χ2n) is 2.82. The maximum Gasteiger partial charge on any atom is 0.166 e. The first-order chi connectivity index (χ1) is 6.66. The lowest BCUT2D eigenvalue weighted by atomic mass is 10.3. The molecule has 14 heavy (non-hydrogen) atoms. The summed E-state index contributed by atoms with van der Waals surface area (Å²) < 4.78 is 6.12. The molecule has 0 aliphatic carbocycles. The summed E-state index contributed by atoms with van der Waals surface area (Å²) in [5.74, 6) is 1.74. The number of aromatic nitrogens is 2. The number of nitrogens with zero attached hydrogens (tertiary/aromatic N) is 2.